The summed E-state index contributed by atoms with van der Waals surface area (Å²) in [6, 6.07) is 10.1. The van der Waals surface area contributed by atoms with Gasteiger partial charge in [-0.2, -0.15) is 0 Å². The first-order valence-corrected chi connectivity index (χ1v) is 14.2. The van der Waals surface area contributed by atoms with Gasteiger partial charge < -0.3 is 21.5 Å². The highest BCUT2D eigenvalue weighted by Gasteiger charge is 2.54. The number of fused-ring (bicyclic) bond motifs is 1. The number of halogens is 1. The molecule has 37 heavy (non-hydrogen) atoms. The molecule has 1 saturated heterocycles. The number of carbonyl (C=O) groups excluding carboxylic acids is 3. The normalized spacial score (nSPS) is 18.6. The lowest BCUT2D eigenvalue weighted by Gasteiger charge is -2.49. The molecule has 2 aromatic rings. The number of pyridine rings is 1. The first-order valence-electron chi connectivity index (χ1n) is 11.3. The maximum absolute atomic E-state index is 12.9. The van der Waals surface area contributed by atoms with E-state index in [4.69, 9.17) is 5.73 Å². The van der Waals surface area contributed by atoms with Gasteiger partial charge in [-0.15, -0.1) is 23.5 Å². The van der Waals surface area contributed by atoms with Crippen molar-refractivity contribution in [3.8, 4) is 0 Å². The summed E-state index contributed by atoms with van der Waals surface area (Å²) in [6.07, 6.45) is 3.35. The van der Waals surface area contributed by atoms with Gasteiger partial charge >= 0.3 is 5.97 Å². The predicted molar refractivity (Wildman–Crippen MR) is 143 cm³/mol. The number of benzene rings is 1. The minimum atomic E-state index is -1.21. The predicted octanol–water partition coefficient (Wildman–Crippen LogP) is 0.956. The van der Waals surface area contributed by atoms with Crippen molar-refractivity contribution in [1.82, 2.24) is 15.5 Å². The number of hydrogen-bond acceptors (Lipinski definition) is 7. The van der Waals surface area contributed by atoms with Gasteiger partial charge in [-0.05, 0) is 24.3 Å². The molecule has 0 aliphatic carbocycles. The largest absolute Gasteiger partial charge is 0.477 e. The minimum absolute atomic E-state index is 0.0757. The smallest absolute Gasteiger partial charge is 0.352 e. The number of aromatic nitrogens is 1. The fourth-order valence-corrected chi connectivity index (χ4v) is 6.64. The Hall–Kier alpha value is -2.87. The number of nitrogens with zero attached hydrogens (tertiary/aromatic N) is 2. The van der Waals surface area contributed by atoms with Gasteiger partial charge in [0.05, 0.1) is 5.75 Å². The maximum atomic E-state index is 12.9. The van der Waals surface area contributed by atoms with Crippen LogP contribution in [0.4, 0.5) is 0 Å². The summed E-state index contributed by atoms with van der Waals surface area (Å²) in [4.78, 5) is 52.0. The van der Waals surface area contributed by atoms with Crippen LogP contribution in [0.2, 0.25) is 0 Å². The highest BCUT2D eigenvalue weighted by molar-refractivity contribution is 9.10. The van der Waals surface area contributed by atoms with Crippen molar-refractivity contribution in [2.24, 2.45) is 5.73 Å². The second kappa shape index (κ2) is 12.1. The Bertz CT molecular complexity index is 1270. The van der Waals surface area contributed by atoms with Crippen LogP contribution in [0.3, 0.4) is 0 Å². The van der Waals surface area contributed by atoms with Crippen molar-refractivity contribution in [1.29, 1.82) is 0 Å². The zero-order chi connectivity index (χ0) is 26.5. The Morgan fingerprint density at radius 2 is 2.08 bits per heavy atom. The molecule has 13 heteroatoms. The summed E-state index contributed by atoms with van der Waals surface area (Å²) < 4.78 is 2.61. The fourth-order valence-electron chi connectivity index (χ4n) is 3.99. The molecule has 1 aromatic carbocycles. The van der Waals surface area contributed by atoms with E-state index < -0.39 is 23.3 Å². The van der Waals surface area contributed by atoms with Crippen LogP contribution in [0.25, 0.3) is 0 Å². The number of hydrogen-bond donors (Lipinski definition) is 4. The molecule has 2 aliphatic heterocycles. The van der Waals surface area contributed by atoms with Gasteiger partial charge in [-0.3, -0.25) is 19.3 Å². The number of carboxylic acid groups (broad SMARTS) is 1. The summed E-state index contributed by atoms with van der Waals surface area (Å²) in [5.74, 6) is -1.73. The minimum Gasteiger partial charge on any atom is -0.477 e. The second-order valence-electron chi connectivity index (χ2n) is 8.27. The molecule has 1 fully saturated rings. The van der Waals surface area contributed by atoms with Crippen molar-refractivity contribution >= 4 is 63.1 Å². The standard InChI is InChI=1S/C24H24BrN5O5S2/c25-16-4-1-5-17(9-16)36-13-18(31)28-19-22(33)30-20(24(34)35)15(12-37-23(19)30)11-29-8-2-3-14(10-29)21(32)27-7-6-26/h1-5,8-10,19,23H,6-7,11-13,26H2,(H2-,27,28,31,32,34,35)/p+1/t19-,23-/m1/s1. The molecule has 10 nitrogen and oxygen atoms in total. The summed E-state index contributed by atoms with van der Waals surface area (Å²) >= 11 is 6.15. The highest BCUT2D eigenvalue weighted by atomic mass is 79.9. The number of aliphatic carboxylic acids is 1. The van der Waals surface area contributed by atoms with E-state index in [1.807, 2.05) is 24.3 Å². The van der Waals surface area contributed by atoms with Crippen LogP contribution in [0.15, 0.2) is 69.4 Å². The van der Waals surface area contributed by atoms with Gasteiger partial charge in [0.1, 0.15) is 22.7 Å². The number of carbonyl (C=O) groups is 4. The summed E-state index contributed by atoms with van der Waals surface area (Å²) in [5, 5.41) is 14.9. The van der Waals surface area contributed by atoms with Gasteiger partial charge in [-0.25, -0.2) is 9.36 Å². The van der Waals surface area contributed by atoms with Crippen molar-refractivity contribution in [2.45, 2.75) is 22.9 Å². The quantitative estimate of drug-likeness (QED) is 0.178. The number of β-lactam (4-membered cyclic amide) rings is 1. The van der Waals surface area contributed by atoms with E-state index in [2.05, 4.69) is 26.6 Å². The topological polar surface area (TPSA) is 146 Å². The SMILES string of the molecule is NCCNC(=O)c1ccc[n+](CC2=C(C(=O)O)N3C(=O)[C@@H](NC(=O)CSc4cccc(Br)c4)[C@H]3SC2)c1. The average Bonchev–Trinajstić information content (AvgIpc) is 2.89. The summed E-state index contributed by atoms with van der Waals surface area (Å²) in [6.45, 7) is 0.863. The van der Waals surface area contributed by atoms with E-state index in [9.17, 15) is 24.3 Å². The van der Waals surface area contributed by atoms with Gasteiger partial charge in [-0.1, -0.05) is 22.0 Å². The third-order valence-corrected chi connectivity index (χ3v) is 8.48. The first-order chi connectivity index (χ1) is 17.8. The molecule has 0 spiro atoms. The van der Waals surface area contributed by atoms with E-state index in [1.165, 1.54) is 28.4 Å². The van der Waals surface area contributed by atoms with E-state index in [-0.39, 0.29) is 29.8 Å². The van der Waals surface area contributed by atoms with Crippen LogP contribution in [-0.4, -0.2) is 69.7 Å². The first kappa shape index (κ1) is 27.2. The molecule has 0 saturated carbocycles. The Labute approximate surface area is 230 Å². The number of amides is 3. The van der Waals surface area contributed by atoms with Crippen LogP contribution in [0, 0.1) is 0 Å². The Morgan fingerprint density at radius 1 is 1.27 bits per heavy atom. The lowest BCUT2D eigenvalue weighted by atomic mass is 10.0. The molecule has 3 heterocycles. The van der Waals surface area contributed by atoms with Crippen LogP contribution >= 0.6 is 39.5 Å². The van der Waals surface area contributed by atoms with Crippen LogP contribution in [0.1, 0.15) is 10.4 Å². The van der Waals surface area contributed by atoms with E-state index in [0.717, 1.165) is 9.37 Å². The molecule has 4 rings (SSSR count). The number of carboxylic acids is 1. The lowest BCUT2D eigenvalue weighted by Crippen LogP contribution is -2.71. The molecule has 1 aromatic heterocycles. The molecule has 2 aliphatic rings. The third-order valence-electron chi connectivity index (χ3n) is 5.66. The number of nitrogens with two attached hydrogens (primary N) is 1. The molecule has 194 valence electrons. The molecule has 0 bridgehead atoms. The van der Waals surface area contributed by atoms with Crippen molar-refractivity contribution in [2.75, 3.05) is 24.6 Å². The molecule has 0 radical (unpaired) electrons. The van der Waals surface area contributed by atoms with Gasteiger partial charge in [0, 0.05) is 39.9 Å². The molecule has 0 unspecified atom stereocenters. The van der Waals surface area contributed by atoms with E-state index in [0.29, 0.717) is 30.0 Å². The molecule has 3 amide bonds. The lowest BCUT2D eigenvalue weighted by molar-refractivity contribution is -0.689. The van der Waals surface area contributed by atoms with Crippen LogP contribution < -0.4 is 20.9 Å². The summed E-state index contributed by atoms with van der Waals surface area (Å²) in [7, 11) is 0. The van der Waals surface area contributed by atoms with Crippen molar-refractivity contribution in [3.63, 3.8) is 0 Å². The van der Waals surface area contributed by atoms with Gasteiger partial charge in [0.15, 0.2) is 18.9 Å². The van der Waals surface area contributed by atoms with Crippen LogP contribution in [0.5, 0.6) is 0 Å². The van der Waals surface area contributed by atoms with Crippen LogP contribution in [-0.2, 0) is 20.9 Å². The highest BCUT2D eigenvalue weighted by Crippen LogP contribution is 2.40. The van der Waals surface area contributed by atoms with Crippen molar-refractivity contribution in [3.05, 3.63) is 70.1 Å². The van der Waals surface area contributed by atoms with Gasteiger partial charge in [0.25, 0.3) is 11.8 Å². The summed E-state index contributed by atoms with van der Waals surface area (Å²) in [5.41, 5.74) is 6.31. The van der Waals surface area contributed by atoms with E-state index in [1.54, 1.807) is 29.1 Å². The fraction of sp³-hybridized carbons (Fsp3) is 0.292. The zero-order valence-corrected chi connectivity index (χ0v) is 22.8. The molecule has 2 atom stereocenters. The Kier molecular flexibility index (Phi) is 8.90. The number of rotatable bonds is 10. The average molecular weight is 608 g/mol. The Balaban J connectivity index is 1.42. The zero-order valence-electron chi connectivity index (χ0n) is 19.6. The third kappa shape index (κ3) is 6.35. The number of thioether (sulfide) groups is 2. The second-order valence-corrected chi connectivity index (χ2v) is 11.3. The molecular formula is C24H25BrN5O5S2+. The van der Waals surface area contributed by atoms with E-state index >= 15 is 0 Å². The molecular weight excluding hydrogens is 582 g/mol. The van der Waals surface area contributed by atoms with Gasteiger partial charge in [0.2, 0.25) is 5.91 Å². The number of nitrogens with one attached hydrogen (secondary N) is 2. The maximum Gasteiger partial charge on any atom is 0.352 e. The Morgan fingerprint density at radius 3 is 2.81 bits per heavy atom. The molecule has 5 N–H and O–H groups in total. The van der Waals surface area contributed by atoms with Crippen molar-refractivity contribution < 1.29 is 28.9 Å². The monoisotopic (exact) mass is 606 g/mol.